The summed E-state index contributed by atoms with van der Waals surface area (Å²) in [5, 5.41) is 0. The number of pyridine rings is 1. The van der Waals surface area contributed by atoms with Gasteiger partial charge in [0.25, 0.3) is 0 Å². The maximum Gasteiger partial charge on any atom is 0.249 e. The predicted molar refractivity (Wildman–Crippen MR) is 85.7 cm³/mol. The highest BCUT2D eigenvalue weighted by Gasteiger charge is 2.31. The number of benzene rings is 1. The Morgan fingerprint density at radius 3 is 2.36 bits per heavy atom. The van der Waals surface area contributed by atoms with Crippen molar-refractivity contribution >= 4 is 10.0 Å². The van der Waals surface area contributed by atoms with Gasteiger partial charge >= 0.3 is 0 Å². The lowest BCUT2D eigenvalue weighted by molar-refractivity contribution is 0.353. The van der Waals surface area contributed by atoms with Gasteiger partial charge in [-0.2, -0.15) is 4.31 Å². The van der Waals surface area contributed by atoms with E-state index >= 15 is 0 Å². The van der Waals surface area contributed by atoms with Crippen LogP contribution in [0.5, 0.6) is 0 Å². The average molecular weight is 364 g/mol. The molecule has 0 N–H and O–H groups in total. The van der Waals surface area contributed by atoms with E-state index in [0.717, 1.165) is 22.5 Å². The van der Waals surface area contributed by atoms with Crippen molar-refractivity contribution < 1.29 is 21.6 Å². The summed E-state index contributed by atoms with van der Waals surface area (Å²) in [6.45, 7) is -0.275. The lowest BCUT2D eigenvalue weighted by atomic mass is 10.3. The molecule has 0 aliphatic rings. The molecule has 3 rings (SSSR count). The summed E-state index contributed by atoms with van der Waals surface area (Å²) in [4.78, 5) is 2.95. The maximum atomic E-state index is 14.0. The Kier molecular flexibility index (Phi) is 4.91. The molecule has 2 aromatic heterocycles. The smallest absolute Gasteiger partial charge is 0.249 e. The molecule has 3 aromatic rings. The quantitative estimate of drug-likeness (QED) is 0.673. The van der Waals surface area contributed by atoms with Crippen molar-refractivity contribution in [1.82, 2.24) is 9.29 Å². The van der Waals surface area contributed by atoms with Gasteiger partial charge in [-0.05, 0) is 35.9 Å². The third kappa shape index (κ3) is 3.75. The predicted octanol–water partition coefficient (Wildman–Crippen LogP) is 3.34. The molecule has 2 heterocycles. The minimum Gasteiger partial charge on any atom is -0.468 e. The van der Waals surface area contributed by atoms with E-state index in [2.05, 4.69) is 4.98 Å². The van der Waals surface area contributed by atoms with Crippen LogP contribution >= 0.6 is 0 Å². The van der Waals surface area contributed by atoms with Crippen molar-refractivity contribution in [3.05, 3.63) is 84.1 Å². The highest BCUT2D eigenvalue weighted by Crippen LogP contribution is 2.25. The number of nitrogens with zero attached hydrogens (tertiary/aromatic N) is 2. The third-order valence-electron chi connectivity index (χ3n) is 3.51. The molecule has 5 nitrogen and oxygen atoms in total. The van der Waals surface area contributed by atoms with Crippen LogP contribution in [0.25, 0.3) is 0 Å². The molecule has 8 heteroatoms. The Bertz CT molecular complexity index is 925. The van der Waals surface area contributed by atoms with Gasteiger partial charge in [-0.25, -0.2) is 17.2 Å². The molecule has 0 saturated heterocycles. The molecule has 0 aliphatic heterocycles. The van der Waals surface area contributed by atoms with Gasteiger partial charge in [0.2, 0.25) is 10.0 Å². The van der Waals surface area contributed by atoms with Gasteiger partial charge in [-0.1, -0.05) is 12.1 Å². The van der Waals surface area contributed by atoms with E-state index in [0.29, 0.717) is 11.3 Å². The number of halogens is 2. The topological polar surface area (TPSA) is 63.4 Å². The molecule has 25 heavy (non-hydrogen) atoms. The summed E-state index contributed by atoms with van der Waals surface area (Å²) in [6.07, 6.45) is 4.43. The first-order valence-electron chi connectivity index (χ1n) is 7.34. The first kappa shape index (κ1) is 17.2. The molecule has 0 bridgehead atoms. The lowest BCUT2D eigenvalue weighted by Crippen LogP contribution is -2.31. The molecule has 0 saturated carbocycles. The summed E-state index contributed by atoms with van der Waals surface area (Å²) >= 11 is 0. The van der Waals surface area contributed by atoms with Crippen molar-refractivity contribution in [1.29, 1.82) is 0 Å². The molecule has 130 valence electrons. The van der Waals surface area contributed by atoms with Crippen LogP contribution in [0.3, 0.4) is 0 Å². The van der Waals surface area contributed by atoms with E-state index in [1.165, 1.54) is 12.5 Å². The van der Waals surface area contributed by atoms with Gasteiger partial charge in [-0.15, -0.1) is 0 Å². The van der Waals surface area contributed by atoms with Gasteiger partial charge in [-0.3, -0.25) is 4.98 Å². The van der Waals surface area contributed by atoms with Crippen LogP contribution in [0.1, 0.15) is 11.3 Å². The fourth-order valence-corrected chi connectivity index (χ4v) is 3.86. The van der Waals surface area contributed by atoms with Gasteiger partial charge in [0, 0.05) is 18.9 Å². The molecule has 1 aromatic carbocycles. The maximum absolute atomic E-state index is 14.0. The van der Waals surface area contributed by atoms with Gasteiger partial charge in [0.1, 0.15) is 17.4 Å². The molecule has 0 radical (unpaired) electrons. The monoisotopic (exact) mass is 364 g/mol. The molecule has 0 atom stereocenters. The number of furan rings is 1. The molecular formula is C17H14F2N2O3S. The largest absolute Gasteiger partial charge is 0.468 e. The van der Waals surface area contributed by atoms with Gasteiger partial charge in [0.15, 0.2) is 4.90 Å². The van der Waals surface area contributed by atoms with E-state index in [1.807, 2.05) is 0 Å². The highest BCUT2D eigenvalue weighted by atomic mass is 32.2. The Hall–Kier alpha value is -2.58. The van der Waals surface area contributed by atoms with Crippen LogP contribution < -0.4 is 0 Å². The highest BCUT2D eigenvalue weighted by molar-refractivity contribution is 7.89. The van der Waals surface area contributed by atoms with Crippen molar-refractivity contribution in [2.24, 2.45) is 0 Å². The summed E-state index contributed by atoms with van der Waals surface area (Å²) in [7, 11) is -4.44. The molecule has 0 aliphatic carbocycles. The lowest BCUT2D eigenvalue weighted by Gasteiger charge is -2.21. The number of aromatic nitrogens is 1. The van der Waals surface area contributed by atoms with E-state index in [-0.39, 0.29) is 13.1 Å². The average Bonchev–Trinajstić information content (AvgIpc) is 3.08. The Balaban J connectivity index is 2.03. The summed E-state index contributed by atoms with van der Waals surface area (Å²) in [5.41, 5.74) is 0.578. The minimum absolute atomic E-state index is 0.107. The Morgan fingerprint density at radius 2 is 1.76 bits per heavy atom. The van der Waals surface area contributed by atoms with Crippen molar-refractivity contribution in [3.63, 3.8) is 0 Å². The second-order valence-electron chi connectivity index (χ2n) is 5.26. The zero-order valence-electron chi connectivity index (χ0n) is 13.0. The van der Waals surface area contributed by atoms with Crippen LogP contribution in [-0.4, -0.2) is 17.7 Å². The van der Waals surface area contributed by atoms with Crippen LogP contribution in [0.2, 0.25) is 0 Å². The number of hydrogen-bond acceptors (Lipinski definition) is 4. The third-order valence-corrected chi connectivity index (χ3v) is 5.35. The molecular weight excluding hydrogens is 350 g/mol. The normalized spacial score (nSPS) is 11.8. The first-order valence-corrected chi connectivity index (χ1v) is 8.78. The molecule has 0 unspecified atom stereocenters. The zero-order valence-corrected chi connectivity index (χ0v) is 13.8. The fraction of sp³-hybridized carbons (Fsp3) is 0.118. The molecule has 0 spiro atoms. The van der Waals surface area contributed by atoms with Crippen LogP contribution in [-0.2, 0) is 23.1 Å². The van der Waals surface area contributed by atoms with E-state index in [4.69, 9.17) is 4.42 Å². The zero-order chi connectivity index (χ0) is 17.9. The van der Waals surface area contributed by atoms with Crippen molar-refractivity contribution in [2.45, 2.75) is 18.0 Å². The Morgan fingerprint density at radius 1 is 1.00 bits per heavy atom. The molecule has 0 amide bonds. The number of rotatable bonds is 6. The summed E-state index contributed by atoms with van der Waals surface area (Å²) in [6, 6.07) is 9.45. The van der Waals surface area contributed by atoms with Crippen LogP contribution in [0.15, 0.2) is 70.4 Å². The second-order valence-corrected chi connectivity index (χ2v) is 7.14. The van der Waals surface area contributed by atoms with E-state index in [9.17, 15) is 17.2 Å². The van der Waals surface area contributed by atoms with Crippen LogP contribution in [0.4, 0.5) is 8.78 Å². The fourth-order valence-electron chi connectivity index (χ4n) is 2.36. The van der Waals surface area contributed by atoms with Gasteiger partial charge < -0.3 is 4.42 Å². The first-order chi connectivity index (χ1) is 12.0. The van der Waals surface area contributed by atoms with Crippen molar-refractivity contribution in [3.8, 4) is 0 Å². The van der Waals surface area contributed by atoms with Crippen LogP contribution in [0, 0.1) is 11.6 Å². The summed E-state index contributed by atoms with van der Waals surface area (Å²) in [5.74, 6) is -1.93. The van der Waals surface area contributed by atoms with E-state index < -0.39 is 26.6 Å². The molecule has 0 fully saturated rings. The SMILES string of the molecule is O=S(=O)(c1c(F)cccc1F)N(Cc1cccnc1)Cc1ccco1. The second kappa shape index (κ2) is 7.12. The van der Waals surface area contributed by atoms with Gasteiger partial charge in [0.05, 0.1) is 12.8 Å². The van der Waals surface area contributed by atoms with Crippen molar-refractivity contribution in [2.75, 3.05) is 0 Å². The standard InChI is InChI=1S/C17H14F2N2O3S/c18-15-6-1-7-16(19)17(15)25(22,23)21(12-14-5-3-9-24-14)11-13-4-2-8-20-10-13/h1-10H,11-12H2. The number of sulfonamides is 1. The minimum atomic E-state index is -4.44. The Labute approximate surface area is 143 Å². The van der Waals surface area contributed by atoms with E-state index in [1.54, 1.807) is 30.5 Å². The summed E-state index contributed by atoms with van der Waals surface area (Å²) < 4.78 is 60.0. The number of hydrogen-bond donors (Lipinski definition) is 0.